The van der Waals surface area contributed by atoms with Crippen molar-refractivity contribution < 1.29 is 4.74 Å². The van der Waals surface area contributed by atoms with Crippen LogP contribution in [0.2, 0.25) is 0 Å². The third-order valence-electron chi connectivity index (χ3n) is 3.38. The normalized spacial score (nSPS) is 11.3. The van der Waals surface area contributed by atoms with Gasteiger partial charge in [0.05, 0.1) is 6.61 Å². The fourth-order valence-corrected chi connectivity index (χ4v) is 2.26. The van der Waals surface area contributed by atoms with E-state index in [0.717, 1.165) is 39.3 Å². The van der Waals surface area contributed by atoms with Crippen molar-refractivity contribution in [3.05, 3.63) is 48.0 Å². The molecule has 0 saturated heterocycles. The second kappa shape index (κ2) is 10.6. The molecule has 0 fully saturated rings. The monoisotopic (exact) mass is 290 g/mol. The predicted octanol–water partition coefficient (Wildman–Crippen LogP) is 3.07. The molecule has 3 nitrogen and oxygen atoms in total. The van der Waals surface area contributed by atoms with E-state index in [1.165, 1.54) is 11.1 Å². The SMILES string of the molecule is C=CCN(CCOC)Cc1ccccc1CNCC(C)C. The van der Waals surface area contributed by atoms with E-state index in [9.17, 15) is 0 Å². The molecule has 0 radical (unpaired) electrons. The molecule has 0 heterocycles. The Hall–Kier alpha value is -1.16. The van der Waals surface area contributed by atoms with Crippen LogP contribution in [0, 0.1) is 5.92 Å². The summed E-state index contributed by atoms with van der Waals surface area (Å²) in [7, 11) is 1.75. The Kier molecular flexibility index (Phi) is 8.99. The predicted molar refractivity (Wildman–Crippen MR) is 90.3 cm³/mol. The van der Waals surface area contributed by atoms with E-state index in [1.807, 2.05) is 6.08 Å². The van der Waals surface area contributed by atoms with Crippen LogP contribution in [0.4, 0.5) is 0 Å². The van der Waals surface area contributed by atoms with Crippen molar-refractivity contribution in [2.24, 2.45) is 5.92 Å². The van der Waals surface area contributed by atoms with Gasteiger partial charge in [0.25, 0.3) is 0 Å². The molecule has 118 valence electrons. The molecule has 1 aromatic rings. The van der Waals surface area contributed by atoms with Crippen molar-refractivity contribution in [1.29, 1.82) is 0 Å². The van der Waals surface area contributed by atoms with Crippen molar-refractivity contribution in [2.75, 3.05) is 33.4 Å². The molecule has 0 saturated carbocycles. The standard InChI is InChI=1S/C18H30N2O/c1-5-10-20(11-12-21-4)15-18-9-7-6-8-17(18)14-19-13-16(2)3/h5-9,16,19H,1,10-15H2,2-4H3. The van der Waals surface area contributed by atoms with Gasteiger partial charge in [-0.2, -0.15) is 0 Å². The summed E-state index contributed by atoms with van der Waals surface area (Å²) in [5, 5.41) is 3.53. The lowest BCUT2D eigenvalue weighted by atomic mass is 10.1. The summed E-state index contributed by atoms with van der Waals surface area (Å²) in [6.45, 7) is 13.8. The summed E-state index contributed by atoms with van der Waals surface area (Å²) in [6, 6.07) is 8.66. The number of hydrogen-bond acceptors (Lipinski definition) is 3. The molecule has 0 aliphatic heterocycles. The zero-order valence-corrected chi connectivity index (χ0v) is 13.8. The molecule has 0 bridgehead atoms. The Balaban J connectivity index is 2.64. The molecule has 0 unspecified atom stereocenters. The van der Waals surface area contributed by atoms with Gasteiger partial charge in [-0.1, -0.05) is 44.2 Å². The van der Waals surface area contributed by atoms with Crippen molar-refractivity contribution in [1.82, 2.24) is 10.2 Å². The van der Waals surface area contributed by atoms with E-state index in [-0.39, 0.29) is 0 Å². The zero-order valence-electron chi connectivity index (χ0n) is 13.8. The first-order valence-corrected chi connectivity index (χ1v) is 7.77. The summed E-state index contributed by atoms with van der Waals surface area (Å²) in [4.78, 5) is 2.36. The molecule has 0 aliphatic rings. The Bertz CT molecular complexity index is 404. The molecule has 1 N–H and O–H groups in total. The van der Waals surface area contributed by atoms with Crippen molar-refractivity contribution in [3.63, 3.8) is 0 Å². The fraction of sp³-hybridized carbons (Fsp3) is 0.556. The van der Waals surface area contributed by atoms with E-state index in [2.05, 4.69) is 54.9 Å². The molecular formula is C18H30N2O. The van der Waals surface area contributed by atoms with Gasteiger partial charge < -0.3 is 10.1 Å². The highest BCUT2D eigenvalue weighted by molar-refractivity contribution is 5.27. The average Bonchev–Trinajstić information content (AvgIpc) is 2.46. The third kappa shape index (κ3) is 7.42. The Morgan fingerprint density at radius 2 is 2.00 bits per heavy atom. The van der Waals surface area contributed by atoms with Gasteiger partial charge in [-0.25, -0.2) is 0 Å². The summed E-state index contributed by atoms with van der Waals surface area (Å²) < 4.78 is 5.19. The third-order valence-corrected chi connectivity index (χ3v) is 3.38. The van der Waals surface area contributed by atoms with Crippen LogP contribution in [-0.4, -0.2) is 38.3 Å². The molecular weight excluding hydrogens is 260 g/mol. The van der Waals surface area contributed by atoms with Crippen molar-refractivity contribution >= 4 is 0 Å². The number of hydrogen-bond donors (Lipinski definition) is 1. The van der Waals surface area contributed by atoms with Crippen LogP contribution in [0.25, 0.3) is 0 Å². The van der Waals surface area contributed by atoms with E-state index in [0.29, 0.717) is 5.92 Å². The van der Waals surface area contributed by atoms with Crippen molar-refractivity contribution in [3.8, 4) is 0 Å². The largest absolute Gasteiger partial charge is 0.383 e. The van der Waals surface area contributed by atoms with Crippen LogP contribution in [0.5, 0.6) is 0 Å². The van der Waals surface area contributed by atoms with E-state index >= 15 is 0 Å². The summed E-state index contributed by atoms with van der Waals surface area (Å²) in [5.74, 6) is 0.677. The second-order valence-corrected chi connectivity index (χ2v) is 5.81. The highest BCUT2D eigenvalue weighted by Gasteiger charge is 2.08. The molecule has 0 aromatic heterocycles. The van der Waals surface area contributed by atoms with E-state index in [1.54, 1.807) is 7.11 Å². The van der Waals surface area contributed by atoms with Crippen LogP contribution in [0.1, 0.15) is 25.0 Å². The van der Waals surface area contributed by atoms with Gasteiger partial charge >= 0.3 is 0 Å². The van der Waals surface area contributed by atoms with Crippen LogP contribution < -0.4 is 5.32 Å². The maximum atomic E-state index is 5.19. The number of rotatable bonds is 11. The maximum Gasteiger partial charge on any atom is 0.0589 e. The summed E-state index contributed by atoms with van der Waals surface area (Å²) >= 11 is 0. The van der Waals surface area contributed by atoms with E-state index in [4.69, 9.17) is 4.74 Å². The van der Waals surface area contributed by atoms with E-state index < -0.39 is 0 Å². The summed E-state index contributed by atoms with van der Waals surface area (Å²) in [6.07, 6.45) is 1.95. The first-order chi connectivity index (χ1) is 10.2. The van der Waals surface area contributed by atoms with Crippen LogP contribution in [0.15, 0.2) is 36.9 Å². The molecule has 0 atom stereocenters. The molecule has 1 rings (SSSR count). The van der Waals surface area contributed by atoms with Gasteiger partial charge in [-0.15, -0.1) is 6.58 Å². The molecule has 0 amide bonds. The van der Waals surface area contributed by atoms with Crippen LogP contribution in [0.3, 0.4) is 0 Å². The molecule has 0 spiro atoms. The Morgan fingerprint density at radius 1 is 1.29 bits per heavy atom. The van der Waals surface area contributed by atoms with Gasteiger partial charge in [-0.05, 0) is 23.6 Å². The lowest BCUT2D eigenvalue weighted by molar-refractivity contribution is 0.151. The van der Waals surface area contributed by atoms with Crippen LogP contribution in [-0.2, 0) is 17.8 Å². The number of ether oxygens (including phenoxy) is 1. The number of nitrogens with zero attached hydrogens (tertiary/aromatic N) is 1. The lowest BCUT2D eigenvalue weighted by Crippen LogP contribution is -2.28. The minimum absolute atomic E-state index is 0.677. The minimum Gasteiger partial charge on any atom is -0.383 e. The Morgan fingerprint density at radius 3 is 2.62 bits per heavy atom. The van der Waals surface area contributed by atoms with Crippen LogP contribution >= 0.6 is 0 Å². The quantitative estimate of drug-likeness (QED) is 0.634. The highest BCUT2D eigenvalue weighted by Crippen LogP contribution is 2.12. The molecule has 0 aliphatic carbocycles. The van der Waals surface area contributed by atoms with Gasteiger partial charge in [0.1, 0.15) is 0 Å². The smallest absolute Gasteiger partial charge is 0.0589 e. The average molecular weight is 290 g/mol. The fourth-order valence-electron chi connectivity index (χ4n) is 2.26. The maximum absolute atomic E-state index is 5.19. The highest BCUT2D eigenvalue weighted by atomic mass is 16.5. The molecule has 3 heteroatoms. The Labute approximate surface area is 130 Å². The lowest BCUT2D eigenvalue weighted by Gasteiger charge is -2.22. The number of benzene rings is 1. The molecule has 1 aromatic carbocycles. The molecule has 21 heavy (non-hydrogen) atoms. The first-order valence-electron chi connectivity index (χ1n) is 7.77. The van der Waals surface area contributed by atoms with Gasteiger partial charge in [0, 0.05) is 33.3 Å². The van der Waals surface area contributed by atoms with Gasteiger partial charge in [0.2, 0.25) is 0 Å². The first kappa shape index (κ1) is 17.9. The summed E-state index contributed by atoms with van der Waals surface area (Å²) in [5.41, 5.74) is 2.76. The van der Waals surface area contributed by atoms with Crippen molar-refractivity contribution in [2.45, 2.75) is 26.9 Å². The zero-order chi connectivity index (χ0) is 15.5. The minimum atomic E-state index is 0.677. The number of methoxy groups -OCH3 is 1. The van der Waals surface area contributed by atoms with Gasteiger partial charge in [-0.3, -0.25) is 4.90 Å². The number of nitrogens with one attached hydrogen (secondary N) is 1. The van der Waals surface area contributed by atoms with Gasteiger partial charge in [0.15, 0.2) is 0 Å². The second-order valence-electron chi connectivity index (χ2n) is 5.81. The topological polar surface area (TPSA) is 24.5 Å².